The van der Waals surface area contributed by atoms with Gasteiger partial charge in [-0.2, -0.15) is 0 Å². The van der Waals surface area contributed by atoms with E-state index in [1.807, 2.05) is 18.2 Å². The van der Waals surface area contributed by atoms with Gasteiger partial charge in [0.15, 0.2) is 0 Å². The molecule has 0 aromatic heterocycles. The zero-order chi connectivity index (χ0) is 13.2. The lowest BCUT2D eigenvalue weighted by molar-refractivity contribution is 0.583. The van der Waals surface area contributed by atoms with Gasteiger partial charge in [0.1, 0.15) is 0 Å². The Hall–Kier alpha value is -1.27. The molecule has 0 radical (unpaired) electrons. The highest BCUT2D eigenvalue weighted by Gasteiger charge is 2.21. The number of alkyl halides is 1. The fourth-order valence-electron chi connectivity index (χ4n) is 2.20. The third kappa shape index (κ3) is 2.76. The highest BCUT2D eigenvalue weighted by Crippen LogP contribution is 2.36. The van der Waals surface area contributed by atoms with Gasteiger partial charge in [0.05, 0.1) is 5.38 Å². The first-order valence-electron chi connectivity index (χ1n) is 6.28. The Morgan fingerprint density at radius 3 is 2.00 bits per heavy atom. The molecule has 0 fully saturated rings. The van der Waals surface area contributed by atoms with E-state index in [9.17, 15) is 0 Å². The van der Waals surface area contributed by atoms with Gasteiger partial charge in [0.2, 0.25) is 0 Å². The summed E-state index contributed by atoms with van der Waals surface area (Å²) in [6.07, 6.45) is 0. The summed E-state index contributed by atoms with van der Waals surface area (Å²) in [6.45, 7) is 6.67. The Morgan fingerprint density at radius 2 is 1.39 bits per heavy atom. The highest BCUT2D eigenvalue weighted by atomic mass is 35.5. The number of benzene rings is 2. The predicted octanol–water partition coefficient (Wildman–Crippen LogP) is 5.31. The van der Waals surface area contributed by atoms with Gasteiger partial charge in [-0.05, 0) is 22.1 Å². The van der Waals surface area contributed by atoms with Gasteiger partial charge in [-0.15, -0.1) is 11.6 Å². The second kappa shape index (κ2) is 5.16. The van der Waals surface area contributed by atoms with E-state index in [0.717, 1.165) is 5.56 Å². The Kier molecular flexibility index (Phi) is 3.77. The zero-order valence-electron chi connectivity index (χ0n) is 11.2. The summed E-state index contributed by atoms with van der Waals surface area (Å²) < 4.78 is 0. The van der Waals surface area contributed by atoms with Crippen molar-refractivity contribution in [3.05, 3.63) is 71.3 Å². The van der Waals surface area contributed by atoms with Crippen molar-refractivity contribution in [2.24, 2.45) is 0 Å². The van der Waals surface area contributed by atoms with Gasteiger partial charge < -0.3 is 0 Å². The van der Waals surface area contributed by atoms with Gasteiger partial charge >= 0.3 is 0 Å². The van der Waals surface area contributed by atoms with Crippen LogP contribution in [0.5, 0.6) is 0 Å². The van der Waals surface area contributed by atoms with E-state index in [4.69, 9.17) is 11.6 Å². The van der Waals surface area contributed by atoms with E-state index in [-0.39, 0.29) is 10.8 Å². The van der Waals surface area contributed by atoms with Crippen LogP contribution in [-0.2, 0) is 5.41 Å². The number of hydrogen-bond acceptors (Lipinski definition) is 0. The summed E-state index contributed by atoms with van der Waals surface area (Å²) in [7, 11) is 0. The SMILES string of the molecule is CC(C)(C)c1ccccc1C(Cl)c1ccccc1. The van der Waals surface area contributed by atoms with Gasteiger partial charge in [-0.25, -0.2) is 0 Å². The van der Waals surface area contributed by atoms with Crippen LogP contribution in [0.4, 0.5) is 0 Å². The summed E-state index contributed by atoms with van der Waals surface area (Å²) in [4.78, 5) is 0. The van der Waals surface area contributed by atoms with Crippen molar-refractivity contribution < 1.29 is 0 Å². The fraction of sp³-hybridized carbons (Fsp3) is 0.294. The maximum atomic E-state index is 6.64. The van der Waals surface area contributed by atoms with Crippen molar-refractivity contribution in [2.75, 3.05) is 0 Å². The van der Waals surface area contributed by atoms with Crippen LogP contribution >= 0.6 is 11.6 Å². The monoisotopic (exact) mass is 258 g/mol. The van der Waals surface area contributed by atoms with E-state index < -0.39 is 0 Å². The lowest BCUT2D eigenvalue weighted by Gasteiger charge is -2.25. The van der Waals surface area contributed by atoms with Crippen molar-refractivity contribution >= 4 is 11.6 Å². The topological polar surface area (TPSA) is 0 Å². The maximum absolute atomic E-state index is 6.64. The predicted molar refractivity (Wildman–Crippen MR) is 79.3 cm³/mol. The molecule has 2 aromatic carbocycles. The molecule has 0 bridgehead atoms. The highest BCUT2D eigenvalue weighted by molar-refractivity contribution is 6.22. The Bertz CT molecular complexity index is 509. The van der Waals surface area contributed by atoms with E-state index >= 15 is 0 Å². The third-order valence-corrected chi connectivity index (χ3v) is 3.62. The Balaban J connectivity index is 2.46. The molecule has 94 valence electrons. The van der Waals surface area contributed by atoms with Crippen LogP contribution in [-0.4, -0.2) is 0 Å². The van der Waals surface area contributed by atoms with Crippen LogP contribution in [0.2, 0.25) is 0 Å². The lowest BCUT2D eigenvalue weighted by Crippen LogP contribution is -2.15. The van der Waals surface area contributed by atoms with Gasteiger partial charge in [-0.1, -0.05) is 75.4 Å². The molecule has 0 saturated carbocycles. The van der Waals surface area contributed by atoms with E-state index in [1.54, 1.807) is 0 Å². The number of rotatable bonds is 2. The molecule has 0 nitrogen and oxygen atoms in total. The molecule has 2 rings (SSSR count). The van der Waals surface area contributed by atoms with E-state index in [0.29, 0.717) is 0 Å². The fourth-order valence-corrected chi connectivity index (χ4v) is 2.54. The van der Waals surface area contributed by atoms with E-state index in [1.165, 1.54) is 11.1 Å². The molecule has 1 atom stereocenters. The molecule has 0 heterocycles. The first-order valence-corrected chi connectivity index (χ1v) is 6.72. The molecule has 0 saturated heterocycles. The normalized spacial score (nSPS) is 13.3. The van der Waals surface area contributed by atoms with Crippen molar-refractivity contribution in [3.63, 3.8) is 0 Å². The molecule has 1 unspecified atom stereocenters. The molecule has 0 aliphatic carbocycles. The standard InChI is InChI=1S/C17H19Cl/c1-17(2,3)15-12-8-7-11-14(15)16(18)13-9-5-4-6-10-13/h4-12,16H,1-3H3. The summed E-state index contributed by atoms with van der Waals surface area (Å²) in [5, 5.41) is -0.0818. The van der Waals surface area contributed by atoms with Crippen LogP contribution in [0.3, 0.4) is 0 Å². The molecule has 0 N–H and O–H groups in total. The Morgan fingerprint density at radius 1 is 0.833 bits per heavy atom. The third-order valence-electron chi connectivity index (χ3n) is 3.13. The second-order valence-electron chi connectivity index (χ2n) is 5.61. The minimum absolute atomic E-state index is 0.0818. The lowest BCUT2D eigenvalue weighted by atomic mass is 9.82. The number of halogens is 1. The van der Waals surface area contributed by atoms with Crippen LogP contribution in [0.15, 0.2) is 54.6 Å². The van der Waals surface area contributed by atoms with Crippen molar-refractivity contribution in [1.29, 1.82) is 0 Å². The summed E-state index contributed by atoms with van der Waals surface area (Å²) in [6, 6.07) is 18.7. The Labute approximate surface area is 115 Å². The van der Waals surface area contributed by atoms with Crippen molar-refractivity contribution in [2.45, 2.75) is 31.6 Å². The van der Waals surface area contributed by atoms with E-state index in [2.05, 4.69) is 57.2 Å². The smallest absolute Gasteiger partial charge is 0.0838 e. The summed E-state index contributed by atoms with van der Waals surface area (Å²) in [5.41, 5.74) is 3.78. The van der Waals surface area contributed by atoms with Crippen molar-refractivity contribution in [1.82, 2.24) is 0 Å². The molecule has 18 heavy (non-hydrogen) atoms. The van der Waals surface area contributed by atoms with Crippen LogP contribution in [0.25, 0.3) is 0 Å². The van der Waals surface area contributed by atoms with Crippen molar-refractivity contribution in [3.8, 4) is 0 Å². The quantitative estimate of drug-likeness (QED) is 0.640. The molecule has 1 heteroatoms. The largest absolute Gasteiger partial charge is 0.113 e. The van der Waals surface area contributed by atoms with Gasteiger partial charge in [0, 0.05) is 0 Å². The molecule has 0 amide bonds. The van der Waals surface area contributed by atoms with Gasteiger partial charge in [-0.3, -0.25) is 0 Å². The molecule has 2 aromatic rings. The molecular formula is C17H19Cl. The van der Waals surface area contributed by atoms with Crippen LogP contribution in [0.1, 0.15) is 42.8 Å². The first-order chi connectivity index (χ1) is 8.50. The van der Waals surface area contributed by atoms with Crippen LogP contribution < -0.4 is 0 Å². The maximum Gasteiger partial charge on any atom is 0.0838 e. The van der Waals surface area contributed by atoms with Gasteiger partial charge in [0.25, 0.3) is 0 Å². The average molecular weight is 259 g/mol. The molecule has 0 aliphatic rings. The minimum Gasteiger partial charge on any atom is -0.113 e. The number of hydrogen-bond donors (Lipinski definition) is 0. The molecular weight excluding hydrogens is 240 g/mol. The summed E-state index contributed by atoms with van der Waals surface area (Å²) in [5.74, 6) is 0. The van der Waals surface area contributed by atoms with Crippen LogP contribution in [0, 0.1) is 0 Å². The zero-order valence-corrected chi connectivity index (χ0v) is 11.9. The average Bonchev–Trinajstić information content (AvgIpc) is 2.38. The summed E-state index contributed by atoms with van der Waals surface area (Å²) >= 11 is 6.64. The second-order valence-corrected chi connectivity index (χ2v) is 6.05. The first kappa shape index (κ1) is 13.2. The molecule has 0 aliphatic heterocycles. The minimum atomic E-state index is -0.0818. The molecule has 0 spiro atoms.